The van der Waals surface area contributed by atoms with E-state index in [2.05, 4.69) is 25.9 Å². The Morgan fingerprint density at radius 3 is 1.92 bits per heavy atom. The van der Waals surface area contributed by atoms with Gasteiger partial charge in [-0.05, 0) is 0 Å². The molecule has 0 amide bonds. The molecule has 0 aliphatic rings. The van der Waals surface area contributed by atoms with Crippen molar-refractivity contribution in [3.63, 3.8) is 0 Å². The summed E-state index contributed by atoms with van der Waals surface area (Å²) < 4.78 is 39.6. The normalized spacial score (nSPS) is 12.1. The number of benzene rings is 2. The molecule has 0 radical (unpaired) electrons. The van der Waals surface area contributed by atoms with Crippen molar-refractivity contribution in [3.8, 4) is 5.88 Å². The van der Waals surface area contributed by atoms with Crippen LogP contribution in [0.3, 0.4) is 0 Å². The van der Waals surface area contributed by atoms with E-state index in [0.29, 0.717) is 12.5 Å². The molecule has 3 aromatic rings. The molecule has 36 heavy (non-hydrogen) atoms. The molecule has 0 aliphatic carbocycles. The van der Waals surface area contributed by atoms with Crippen LogP contribution in [0.2, 0.25) is 13.3 Å². The molecule has 0 saturated carbocycles. The van der Waals surface area contributed by atoms with Gasteiger partial charge >= 0.3 is 223 Å². The maximum atomic E-state index is 13.6. The molecule has 0 aliphatic heterocycles. The summed E-state index contributed by atoms with van der Waals surface area (Å²) in [6, 6.07) is 17.0. The molecular weight excluding hydrogens is 575 g/mol. The molecule has 5 nitrogen and oxygen atoms in total. The molecule has 0 bridgehead atoms. The second kappa shape index (κ2) is 13.7. The summed E-state index contributed by atoms with van der Waals surface area (Å²) in [6.45, 7) is 9.07. The Bertz CT molecular complexity index is 1150. The van der Waals surface area contributed by atoms with E-state index in [1.165, 1.54) is 36.7 Å². The molecule has 2 aromatic carbocycles. The van der Waals surface area contributed by atoms with Gasteiger partial charge in [0.1, 0.15) is 0 Å². The van der Waals surface area contributed by atoms with E-state index in [0.717, 1.165) is 34.0 Å². The van der Waals surface area contributed by atoms with E-state index in [-0.39, 0.29) is 4.90 Å². The number of hydrogen-bond acceptors (Lipinski definition) is 4. The first-order chi connectivity index (χ1) is 17.4. The molecule has 196 valence electrons. The van der Waals surface area contributed by atoms with Crippen LogP contribution in [-0.2, 0) is 16.6 Å². The van der Waals surface area contributed by atoms with Crippen molar-refractivity contribution in [2.45, 2.75) is 91.0 Å². The number of aromatic nitrogens is 2. The average Bonchev–Trinajstić information content (AvgIpc) is 3.34. The van der Waals surface area contributed by atoms with E-state index < -0.39 is 28.4 Å². The van der Waals surface area contributed by atoms with Gasteiger partial charge in [0.25, 0.3) is 0 Å². The Kier molecular flexibility index (Phi) is 10.9. The van der Waals surface area contributed by atoms with Gasteiger partial charge < -0.3 is 0 Å². The summed E-state index contributed by atoms with van der Waals surface area (Å²) >= 11 is -3.03. The summed E-state index contributed by atoms with van der Waals surface area (Å²) in [7, 11) is -3.80. The number of hydrogen-bond donors (Lipinski definition) is 0. The third-order valence-corrected chi connectivity index (χ3v) is 24.1. The Balaban J connectivity index is 2.12. The van der Waals surface area contributed by atoms with Gasteiger partial charge in [-0.1, -0.05) is 0 Å². The van der Waals surface area contributed by atoms with Gasteiger partial charge in [-0.15, -0.1) is 0 Å². The fraction of sp³-hybridized carbons (Fsp3) is 0.483. The fourth-order valence-electron chi connectivity index (χ4n) is 4.80. The topological polar surface area (TPSA) is 61.2 Å². The van der Waals surface area contributed by atoms with Crippen LogP contribution in [0.5, 0.6) is 5.88 Å². The minimum atomic E-state index is -3.80. The number of ether oxygens (including phenoxy) is 1. The molecule has 0 saturated heterocycles. The van der Waals surface area contributed by atoms with Crippen LogP contribution >= 0.6 is 0 Å². The quantitative estimate of drug-likeness (QED) is 0.171. The second-order valence-corrected chi connectivity index (χ2v) is 24.8. The number of aryl methyl sites for hydroxylation is 1. The van der Waals surface area contributed by atoms with Gasteiger partial charge in [0.15, 0.2) is 0 Å². The predicted molar refractivity (Wildman–Crippen MR) is 151 cm³/mol. The summed E-state index contributed by atoms with van der Waals surface area (Å²) in [5, 5.41) is 4.64. The Morgan fingerprint density at radius 1 is 0.833 bits per heavy atom. The number of rotatable bonds is 15. The predicted octanol–water partition coefficient (Wildman–Crippen LogP) is 7.06. The molecule has 1 aromatic heterocycles. The SMILES string of the molecule is CCC[CH2][Sn]([CH2]CCC)([CH2]CCC)[c]1cn(S(=O)(=O)c2ccc(C)cc2)nc1OCc1ccccc1. The average molecular weight is 617 g/mol. The summed E-state index contributed by atoms with van der Waals surface area (Å²) in [5.74, 6) is 0.536. The van der Waals surface area contributed by atoms with Crippen molar-refractivity contribution in [2.24, 2.45) is 0 Å². The van der Waals surface area contributed by atoms with E-state index in [4.69, 9.17) is 4.74 Å². The van der Waals surface area contributed by atoms with Crippen molar-refractivity contribution in [1.82, 2.24) is 9.19 Å². The van der Waals surface area contributed by atoms with Gasteiger partial charge in [0.05, 0.1) is 0 Å². The Hall–Kier alpha value is -1.80. The van der Waals surface area contributed by atoms with Gasteiger partial charge in [0, 0.05) is 0 Å². The molecule has 3 rings (SSSR count). The Morgan fingerprint density at radius 2 is 1.39 bits per heavy atom. The third-order valence-electron chi connectivity index (χ3n) is 7.04. The van der Waals surface area contributed by atoms with Crippen molar-refractivity contribution in [3.05, 3.63) is 71.9 Å². The maximum absolute atomic E-state index is 13.6. The first kappa shape index (κ1) is 28.8. The van der Waals surface area contributed by atoms with Crippen LogP contribution in [0.25, 0.3) is 0 Å². The van der Waals surface area contributed by atoms with Crippen LogP contribution in [0, 0.1) is 6.92 Å². The van der Waals surface area contributed by atoms with E-state index in [1.54, 1.807) is 12.1 Å². The van der Waals surface area contributed by atoms with Gasteiger partial charge in [-0.2, -0.15) is 0 Å². The summed E-state index contributed by atoms with van der Waals surface area (Å²) in [4.78, 5) is 0.258. The van der Waals surface area contributed by atoms with E-state index >= 15 is 0 Å². The zero-order valence-electron chi connectivity index (χ0n) is 22.4. The van der Waals surface area contributed by atoms with Gasteiger partial charge in [-0.25, -0.2) is 0 Å². The standard InChI is InChI=1S/C17H15N2O3S.3C4H9.Sn/c1-14-7-9-16(10-8-14)23(20,21)19-12-11-17(18-19)22-13-15-5-3-2-4-6-15;3*1-3-4-2;/h2-10,12H,13H2,1H3;3*1,3-4H2,2H3;. The molecule has 7 heteroatoms. The van der Waals surface area contributed by atoms with Crippen molar-refractivity contribution >= 4 is 32.0 Å². The number of nitrogens with zero attached hydrogens (tertiary/aromatic N) is 2. The number of unbranched alkanes of at least 4 members (excludes halogenated alkanes) is 3. The fourth-order valence-corrected chi connectivity index (χ4v) is 22.2. The molecule has 1 heterocycles. The van der Waals surface area contributed by atoms with E-state index in [1.807, 2.05) is 55.6 Å². The first-order valence-electron chi connectivity index (χ1n) is 13.5. The van der Waals surface area contributed by atoms with Crippen LogP contribution < -0.4 is 8.32 Å². The Labute approximate surface area is 222 Å². The molecule has 0 N–H and O–H groups in total. The zero-order chi connectivity index (χ0) is 26.0. The minimum absolute atomic E-state index is 0.258. The van der Waals surface area contributed by atoms with Gasteiger partial charge in [0.2, 0.25) is 0 Å². The summed E-state index contributed by atoms with van der Waals surface area (Å²) in [5.41, 5.74) is 2.08. The molecule has 0 unspecified atom stereocenters. The van der Waals surface area contributed by atoms with Crippen LogP contribution in [0.15, 0.2) is 65.7 Å². The second-order valence-electron chi connectivity index (χ2n) is 9.90. The van der Waals surface area contributed by atoms with Crippen LogP contribution in [-0.4, -0.2) is 36.0 Å². The van der Waals surface area contributed by atoms with E-state index in [9.17, 15) is 8.42 Å². The molecule has 0 atom stereocenters. The third kappa shape index (κ3) is 7.15. The summed E-state index contributed by atoms with van der Waals surface area (Å²) in [6.07, 6.45) is 8.81. The van der Waals surface area contributed by atoms with Crippen LogP contribution in [0.1, 0.15) is 70.4 Å². The van der Waals surface area contributed by atoms with Gasteiger partial charge in [-0.3, -0.25) is 0 Å². The van der Waals surface area contributed by atoms with Crippen molar-refractivity contribution in [2.75, 3.05) is 0 Å². The first-order valence-corrected chi connectivity index (χ1v) is 22.4. The van der Waals surface area contributed by atoms with Crippen molar-refractivity contribution in [1.29, 1.82) is 0 Å². The zero-order valence-corrected chi connectivity index (χ0v) is 26.0. The van der Waals surface area contributed by atoms with Crippen LogP contribution in [0.4, 0.5) is 0 Å². The van der Waals surface area contributed by atoms with Crippen molar-refractivity contribution < 1.29 is 13.2 Å². The monoisotopic (exact) mass is 618 g/mol. The molecular formula is C29H42N2O3SSn. The molecule has 0 spiro atoms. The molecule has 0 fully saturated rings.